The Hall–Kier alpha value is -1.24. The summed E-state index contributed by atoms with van der Waals surface area (Å²) in [6, 6.07) is 3.46. The summed E-state index contributed by atoms with van der Waals surface area (Å²) in [7, 11) is 1.56. The first-order valence-electron chi connectivity index (χ1n) is 7.67. The van der Waals surface area contributed by atoms with Crippen molar-refractivity contribution < 1.29 is 18.7 Å². The molecule has 0 saturated heterocycles. The molecule has 0 N–H and O–H groups in total. The summed E-state index contributed by atoms with van der Waals surface area (Å²) in [4.78, 5) is 26.5. The molecule has 0 bridgehead atoms. The van der Waals surface area contributed by atoms with Crippen molar-refractivity contribution in [3.05, 3.63) is 23.7 Å². The lowest BCUT2D eigenvalue weighted by Gasteiger charge is -2.30. The number of rotatable bonds is 9. The Morgan fingerprint density at radius 3 is 2.42 bits per heavy atom. The van der Waals surface area contributed by atoms with Crippen LogP contribution in [0.25, 0.3) is 0 Å². The van der Waals surface area contributed by atoms with E-state index in [1.54, 1.807) is 25.9 Å². The van der Waals surface area contributed by atoms with Crippen molar-refractivity contribution in [3.63, 3.8) is 0 Å². The third-order valence-electron chi connectivity index (χ3n) is 3.46. The van der Waals surface area contributed by atoms with Gasteiger partial charge in [-0.25, -0.2) is 0 Å². The molecule has 1 aromatic heterocycles. The highest BCUT2D eigenvalue weighted by atomic mass is 35.5. The highest BCUT2D eigenvalue weighted by Crippen LogP contribution is 2.13. The second-order valence-corrected chi connectivity index (χ2v) is 6.78. The van der Waals surface area contributed by atoms with Crippen LogP contribution in [0.1, 0.15) is 25.4 Å². The fourth-order valence-electron chi connectivity index (χ4n) is 2.14. The Kier molecular flexibility index (Phi) is 8.59. The van der Waals surface area contributed by atoms with Crippen LogP contribution < -0.4 is 0 Å². The maximum absolute atomic E-state index is 12.7. The number of carbonyl (C=O) groups is 2. The normalized spacial score (nSPS) is 11.2. The maximum atomic E-state index is 12.7. The SMILES string of the molecule is COCCN(Cc1ccc(C)o1)C(=O)CN(C(=O)C(Cl)Cl)C(C)C. The van der Waals surface area contributed by atoms with Crippen molar-refractivity contribution in [1.29, 1.82) is 0 Å². The smallest absolute Gasteiger partial charge is 0.256 e. The zero-order valence-corrected chi connectivity index (χ0v) is 15.9. The Bertz CT molecular complexity index is 546. The molecule has 0 aliphatic carbocycles. The van der Waals surface area contributed by atoms with Crippen LogP contribution in [0.15, 0.2) is 16.5 Å². The van der Waals surface area contributed by atoms with E-state index in [2.05, 4.69) is 0 Å². The molecule has 0 unspecified atom stereocenters. The van der Waals surface area contributed by atoms with E-state index in [0.717, 1.165) is 5.76 Å². The molecule has 0 fully saturated rings. The van der Waals surface area contributed by atoms with Crippen molar-refractivity contribution in [2.24, 2.45) is 0 Å². The molecular weight excluding hydrogens is 355 g/mol. The summed E-state index contributed by atoms with van der Waals surface area (Å²) in [5.74, 6) is 0.738. The highest BCUT2D eigenvalue weighted by Gasteiger charge is 2.27. The van der Waals surface area contributed by atoms with Gasteiger partial charge in [0, 0.05) is 19.7 Å². The molecule has 0 saturated carbocycles. The number of hydrogen-bond acceptors (Lipinski definition) is 4. The monoisotopic (exact) mass is 378 g/mol. The van der Waals surface area contributed by atoms with Gasteiger partial charge in [-0.2, -0.15) is 0 Å². The second kappa shape index (κ2) is 9.91. The average molecular weight is 379 g/mol. The summed E-state index contributed by atoms with van der Waals surface area (Å²) in [5, 5.41) is 0. The molecule has 0 aliphatic heterocycles. The van der Waals surface area contributed by atoms with Crippen molar-refractivity contribution in [3.8, 4) is 0 Å². The number of amides is 2. The number of nitrogens with zero attached hydrogens (tertiary/aromatic N) is 2. The van der Waals surface area contributed by atoms with E-state index in [-0.39, 0.29) is 18.5 Å². The number of halogens is 2. The van der Waals surface area contributed by atoms with Crippen LogP contribution in [0.3, 0.4) is 0 Å². The molecule has 0 aliphatic rings. The van der Waals surface area contributed by atoms with Crippen LogP contribution in [0.5, 0.6) is 0 Å². The molecule has 1 aromatic rings. The van der Waals surface area contributed by atoms with Gasteiger partial charge in [0.05, 0.1) is 13.2 Å². The summed E-state index contributed by atoms with van der Waals surface area (Å²) >= 11 is 11.3. The quantitative estimate of drug-likeness (QED) is 0.619. The third-order valence-corrected chi connectivity index (χ3v) is 3.83. The first-order chi connectivity index (χ1) is 11.3. The van der Waals surface area contributed by atoms with E-state index >= 15 is 0 Å². The largest absolute Gasteiger partial charge is 0.464 e. The number of carbonyl (C=O) groups excluding carboxylic acids is 2. The zero-order valence-electron chi connectivity index (χ0n) is 14.4. The molecule has 0 spiro atoms. The molecule has 2 amide bonds. The molecule has 6 nitrogen and oxygen atoms in total. The standard InChI is InChI=1S/C16H24Cl2N2O4/c1-11(2)20(16(22)15(17)18)10-14(21)19(7-8-23-4)9-13-6-5-12(3)24-13/h5-6,11,15H,7-10H2,1-4H3. The Balaban J connectivity index is 2.83. The van der Waals surface area contributed by atoms with E-state index < -0.39 is 10.7 Å². The Labute approximate surface area is 152 Å². The van der Waals surface area contributed by atoms with Crippen LogP contribution in [-0.2, 0) is 20.9 Å². The van der Waals surface area contributed by atoms with Gasteiger partial charge in [-0.15, -0.1) is 0 Å². The lowest BCUT2D eigenvalue weighted by Crippen LogP contribution is -2.47. The molecule has 0 atom stereocenters. The number of methoxy groups -OCH3 is 1. The molecule has 0 radical (unpaired) electrons. The molecule has 8 heteroatoms. The predicted molar refractivity (Wildman–Crippen MR) is 93.1 cm³/mol. The van der Waals surface area contributed by atoms with Gasteiger partial charge >= 0.3 is 0 Å². The van der Waals surface area contributed by atoms with Crippen molar-refractivity contribution in [1.82, 2.24) is 9.80 Å². The lowest BCUT2D eigenvalue weighted by atomic mass is 10.3. The third kappa shape index (κ3) is 6.34. The van der Waals surface area contributed by atoms with Crippen LogP contribution in [0.4, 0.5) is 0 Å². The van der Waals surface area contributed by atoms with E-state index in [0.29, 0.717) is 25.5 Å². The maximum Gasteiger partial charge on any atom is 0.256 e. The first-order valence-corrected chi connectivity index (χ1v) is 8.54. The van der Waals surface area contributed by atoms with Crippen LogP contribution in [-0.4, -0.2) is 59.3 Å². The van der Waals surface area contributed by atoms with Gasteiger partial charge in [-0.3, -0.25) is 9.59 Å². The topological polar surface area (TPSA) is 63.0 Å². The van der Waals surface area contributed by atoms with Crippen LogP contribution in [0, 0.1) is 6.92 Å². The van der Waals surface area contributed by atoms with Crippen molar-refractivity contribution in [2.75, 3.05) is 26.8 Å². The van der Waals surface area contributed by atoms with Crippen LogP contribution >= 0.6 is 23.2 Å². The minimum atomic E-state index is -1.19. The number of furan rings is 1. The van der Waals surface area contributed by atoms with E-state index in [4.69, 9.17) is 32.4 Å². The molecule has 1 heterocycles. The molecular formula is C16H24Cl2N2O4. The Morgan fingerprint density at radius 2 is 1.96 bits per heavy atom. The fraction of sp³-hybridized carbons (Fsp3) is 0.625. The van der Waals surface area contributed by atoms with Gasteiger partial charge in [-0.1, -0.05) is 23.2 Å². The minimum Gasteiger partial charge on any atom is -0.464 e. The van der Waals surface area contributed by atoms with E-state index in [1.807, 2.05) is 19.1 Å². The second-order valence-electron chi connectivity index (χ2n) is 5.68. The fourth-order valence-corrected chi connectivity index (χ4v) is 2.39. The lowest BCUT2D eigenvalue weighted by molar-refractivity contribution is -0.141. The van der Waals surface area contributed by atoms with Crippen LogP contribution in [0.2, 0.25) is 0 Å². The summed E-state index contributed by atoms with van der Waals surface area (Å²) in [6.45, 7) is 6.42. The molecule has 24 heavy (non-hydrogen) atoms. The molecule has 136 valence electrons. The number of ether oxygens (including phenoxy) is 1. The van der Waals surface area contributed by atoms with Gasteiger partial charge < -0.3 is 19.0 Å². The number of aryl methyl sites for hydroxylation is 1. The zero-order chi connectivity index (χ0) is 18.3. The molecule has 0 aromatic carbocycles. The van der Waals surface area contributed by atoms with E-state index in [9.17, 15) is 9.59 Å². The van der Waals surface area contributed by atoms with E-state index in [1.165, 1.54) is 4.90 Å². The van der Waals surface area contributed by atoms with Gasteiger partial charge in [0.2, 0.25) is 5.91 Å². The number of alkyl halides is 2. The number of hydrogen-bond donors (Lipinski definition) is 0. The Morgan fingerprint density at radius 1 is 1.29 bits per heavy atom. The van der Waals surface area contributed by atoms with Gasteiger partial charge in [0.1, 0.15) is 18.1 Å². The van der Waals surface area contributed by atoms with Gasteiger partial charge in [-0.05, 0) is 32.9 Å². The average Bonchev–Trinajstić information content (AvgIpc) is 2.92. The molecule has 1 rings (SSSR count). The summed E-state index contributed by atoms with van der Waals surface area (Å²) in [6.07, 6.45) is 0. The van der Waals surface area contributed by atoms with Crippen molar-refractivity contribution >= 4 is 35.0 Å². The summed E-state index contributed by atoms with van der Waals surface area (Å²) in [5.41, 5.74) is 0. The minimum absolute atomic E-state index is 0.101. The van der Waals surface area contributed by atoms with Gasteiger partial charge in [0.25, 0.3) is 5.91 Å². The first kappa shape index (κ1) is 20.8. The predicted octanol–water partition coefficient (Wildman–Crippen LogP) is 2.60. The van der Waals surface area contributed by atoms with Crippen molar-refractivity contribution in [2.45, 2.75) is 38.2 Å². The van der Waals surface area contributed by atoms with Gasteiger partial charge in [0.15, 0.2) is 4.84 Å². The summed E-state index contributed by atoms with van der Waals surface area (Å²) < 4.78 is 10.6. The highest BCUT2D eigenvalue weighted by molar-refractivity contribution is 6.53.